The average molecular weight is 264 g/mol. The third-order valence-corrected chi connectivity index (χ3v) is 2.99. The van der Waals surface area contributed by atoms with Gasteiger partial charge in [-0.15, -0.1) is 0 Å². The maximum Gasteiger partial charge on any atom is 0.338 e. The van der Waals surface area contributed by atoms with Crippen LogP contribution in [0.4, 0.5) is 0 Å². The highest BCUT2D eigenvalue weighted by molar-refractivity contribution is 6.07. The normalized spacial score (nSPS) is 10.3. The first-order valence-corrected chi connectivity index (χ1v) is 5.76. The molecule has 2 aromatic heterocycles. The van der Waals surface area contributed by atoms with Crippen molar-refractivity contribution in [1.82, 2.24) is 15.0 Å². The number of aromatic nitrogens is 3. The minimum Gasteiger partial charge on any atom is -0.478 e. The molecule has 0 fully saturated rings. The minimum atomic E-state index is -1.04. The van der Waals surface area contributed by atoms with Crippen molar-refractivity contribution in [2.24, 2.45) is 0 Å². The highest BCUT2D eigenvalue weighted by atomic mass is 16.4. The number of carboxylic acids is 1. The molecule has 0 aliphatic heterocycles. The van der Waals surface area contributed by atoms with Gasteiger partial charge in [-0.1, -0.05) is 12.1 Å². The number of aromatic carboxylic acids is 1. The highest BCUT2D eigenvalue weighted by Gasteiger charge is 2.16. The Hall–Kier alpha value is -3.20. The zero-order valence-corrected chi connectivity index (χ0v) is 10.2. The van der Waals surface area contributed by atoms with Gasteiger partial charge in [-0.05, 0) is 12.1 Å². The summed E-state index contributed by atoms with van der Waals surface area (Å²) in [5.74, 6) is -1.04. The molecule has 0 bridgehead atoms. The second kappa shape index (κ2) is 4.48. The molecule has 96 valence electrons. The lowest BCUT2D eigenvalue weighted by Gasteiger charge is -2.03. The predicted octanol–water partition coefficient (Wildman–Crippen LogP) is 2.19. The van der Waals surface area contributed by atoms with Crippen LogP contribution in [-0.2, 0) is 0 Å². The Labute approximate surface area is 113 Å². The molecule has 6 nitrogen and oxygen atoms in total. The molecule has 0 unspecified atom stereocenters. The van der Waals surface area contributed by atoms with E-state index in [0.717, 1.165) is 5.56 Å². The molecule has 20 heavy (non-hydrogen) atoms. The lowest BCUT2D eigenvalue weighted by molar-refractivity contribution is 0.0699. The summed E-state index contributed by atoms with van der Waals surface area (Å²) in [4.78, 5) is 22.3. The molecular formula is C14H8N4O2. The van der Waals surface area contributed by atoms with Gasteiger partial charge in [0.1, 0.15) is 12.0 Å². The number of hydrogen-bond acceptors (Lipinski definition) is 4. The molecule has 0 spiro atoms. The molecule has 3 aromatic rings. The van der Waals surface area contributed by atoms with Crippen LogP contribution in [-0.4, -0.2) is 26.0 Å². The molecule has 2 N–H and O–H groups in total. The van der Waals surface area contributed by atoms with Gasteiger partial charge in [0, 0.05) is 11.8 Å². The number of nitrogens with one attached hydrogen (secondary N) is 1. The first-order valence-electron chi connectivity index (χ1n) is 5.76. The van der Waals surface area contributed by atoms with E-state index in [1.165, 1.54) is 12.5 Å². The first-order chi connectivity index (χ1) is 9.70. The third-order valence-electron chi connectivity index (χ3n) is 2.99. The van der Waals surface area contributed by atoms with Crippen LogP contribution >= 0.6 is 0 Å². The molecule has 0 saturated carbocycles. The summed E-state index contributed by atoms with van der Waals surface area (Å²) in [5, 5.41) is 18.5. The third kappa shape index (κ3) is 1.78. The van der Waals surface area contributed by atoms with Crippen LogP contribution in [0.25, 0.3) is 22.3 Å². The monoisotopic (exact) mass is 264 g/mol. The number of hydrogen-bond donors (Lipinski definition) is 2. The fourth-order valence-corrected chi connectivity index (χ4v) is 2.05. The second-order valence-electron chi connectivity index (χ2n) is 4.14. The van der Waals surface area contributed by atoms with E-state index in [4.69, 9.17) is 5.26 Å². The number of nitriles is 1. The molecule has 0 aliphatic carbocycles. The van der Waals surface area contributed by atoms with E-state index in [9.17, 15) is 9.90 Å². The SMILES string of the molecule is N#Cc1ccc(-c2ncnc3[nH]cc(C(=O)O)c23)cc1. The summed E-state index contributed by atoms with van der Waals surface area (Å²) in [7, 11) is 0. The Morgan fingerprint density at radius 1 is 1.25 bits per heavy atom. The summed E-state index contributed by atoms with van der Waals surface area (Å²) in [5.41, 5.74) is 2.39. The summed E-state index contributed by atoms with van der Waals surface area (Å²) in [6.07, 6.45) is 2.77. The van der Waals surface area contributed by atoms with E-state index in [2.05, 4.69) is 15.0 Å². The van der Waals surface area contributed by atoms with E-state index in [1.54, 1.807) is 24.3 Å². The Bertz CT molecular complexity index is 844. The minimum absolute atomic E-state index is 0.125. The van der Waals surface area contributed by atoms with Crippen molar-refractivity contribution in [1.29, 1.82) is 5.26 Å². The number of carboxylic acid groups (broad SMARTS) is 1. The number of carbonyl (C=O) groups is 1. The van der Waals surface area contributed by atoms with Gasteiger partial charge in [-0.25, -0.2) is 14.8 Å². The zero-order chi connectivity index (χ0) is 14.1. The lowest BCUT2D eigenvalue weighted by Crippen LogP contribution is -1.96. The van der Waals surface area contributed by atoms with E-state index in [-0.39, 0.29) is 5.56 Å². The van der Waals surface area contributed by atoms with Crippen molar-refractivity contribution in [3.63, 3.8) is 0 Å². The van der Waals surface area contributed by atoms with Gasteiger partial charge in [-0.3, -0.25) is 0 Å². The van der Waals surface area contributed by atoms with Gasteiger partial charge in [0.05, 0.1) is 28.3 Å². The van der Waals surface area contributed by atoms with Gasteiger partial charge < -0.3 is 10.1 Å². The predicted molar refractivity (Wildman–Crippen MR) is 71.0 cm³/mol. The number of fused-ring (bicyclic) bond motifs is 1. The maximum absolute atomic E-state index is 11.2. The van der Waals surface area contributed by atoms with Crippen LogP contribution in [0.1, 0.15) is 15.9 Å². The smallest absolute Gasteiger partial charge is 0.338 e. The van der Waals surface area contributed by atoms with E-state index < -0.39 is 5.97 Å². The number of aromatic amines is 1. The van der Waals surface area contributed by atoms with Crippen molar-refractivity contribution >= 4 is 17.0 Å². The van der Waals surface area contributed by atoms with Crippen LogP contribution in [0.5, 0.6) is 0 Å². The van der Waals surface area contributed by atoms with Crippen molar-refractivity contribution in [2.75, 3.05) is 0 Å². The van der Waals surface area contributed by atoms with E-state index in [0.29, 0.717) is 22.3 Å². The summed E-state index contributed by atoms with van der Waals surface area (Å²) in [6, 6.07) is 8.83. The summed E-state index contributed by atoms with van der Waals surface area (Å²) >= 11 is 0. The van der Waals surface area contributed by atoms with Crippen molar-refractivity contribution < 1.29 is 9.90 Å². The number of nitrogens with zero attached hydrogens (tertiary/aromatic N) is 3. The molecule has 3 rings (SSSR count). The second-order valence-corrected chi connectivity index (χ2v) is 4.14. The van der Waals surface area contributed by atoms with Gasteiger partial charge in [0.2, 0.25) is 0 Å². The van der Waals surface area contributed by atoms with Gasteiger partial charge in [0.15, 0.2) is 0 Å². The topological polar surface area (TPSA) is 103 Å². The van der Waals surface area contributed by atoms with Gasteiger partial charge in [-0.2, -0.15) is 5.26 Å². The molecule has 0 saturated heterocycles. The largest absolute Gasteiger partial charge is 0.478 e. The molecule has 0 atom stereocenters. The fraction of sp³-hybridized carbons (Fsp3) is 0. The lowest BCUT2D eigenvalue weighted by atomic mass is 10.0. The van der Waals surface area contributed by atoms with Gasteiger partial charge in [0.25, 0.3) is 0 Å². The van der Waals surface area contributed by atoms with Crippen molar-refractivity contribution in [3.8, 4) is 17.3 Å². The van der Waals surface area contributed by atoms with E-state index >= 15 is 0 Å². The highest BCUT2D eigenvalue weighted by Crippen LogP contribution is 2.28. The number of benzene rings is 1. The molecule has 0 aliphatic rings. The zero-order valence-electron chi connectivity index (χ0n) is 10.2. The number of rotatable bonds is 2. The summed E-state index contributed by atoms with van der Waals surface area (Å²) in [6.45, 7) is 0. The molecule has 0 amide bonds. The van der Waals surface area contributed by atoms with Crippen LogP contribution in [0, 0.1) is 11.3 Å². The summed E-state index contributed by atoms with van der Waals surface area (Å²) < 4.78 is 0. The molecular weight excluding hydrogens is 256 g/mol. The Morgan fingerprint density at radius 3 is 2.65 bits per heavy atom. The number of H-pyrrole nitrogens is 1. The van der Waals surface area contributed by atoms with Crippen molar-refractivity contribution in [2.45, 2.75) is 0 Å². The van der Waals surface area contributed by atoms with Crippen LogP contribution < -0.4 is 0 Å². The first kappa shape index (κ1) is 11.9. The van der Waals surface area contributed by atoms with Crippen LogP contribution in [0.3, 0.4) is 0 Å². The van der Waals surface area contributed by atoms with Crippen LogP contribution in [0.15, 0.2) is 36.8 Å². The quantitative estimate of drug-likeness (QED) is 0.738. The molecule has 2 heterocycles. The standard InChI is InChI=1S/C14H8N4O2/c15-5-8-1-3-9(4-2-8)12-11-10(14(19)20)6-16-13(11)18-7-17-12/h1-4,6-7H,(H,19,20)(H,16,17,18). The average Bonchev–Trinajstić information content (AvgIpc) is 2.91. The van der Waals surface area contributed by atoms with Crippen LogP contribution in [0.2, 0.25) is 0 Å². The van der Waals surface area contributed by atoms with E-state index in [1.807, 2.05) is 6.07 Å². The maximum atomic E-state index is 11.2. The fourth-order valence-electron chi connectivity index (χ4n) is 2.05. The Kier molecular flexibility index (Phi) is 2.66. The molecule has 6 heteroatoms. The van der Waals surface area contributed by atoms with Crippen molar-refractivity contribution in [3.05, 3.63) is 47.9 Å². The Morgan fingerprint density at radius 2 is 2.00 bits per heavy atom. The van der Waals surface area contributed by atoms with Gasteiger partial charge >= 0.3 is 5.97 Å². The molecule has 0 radical (unpaired) electrons. The molecule has 1 aromatic carbocycles. The Balaban J connectivity index is 2.27.